The first-order valence-electron chi connectivity index (χ1n) is 4.36. The molecule has 2 rings (SSSR count). The van der Waals surface area contributed by atoms with E-state index in [-0.39, 0.29) is 6.04 Å². The molecule has 14 heavy (non-hydrogen) atoms. The highest BCUT2D eigenvalue weighted by Gasteiger charge is 2.34. The van der Waals surface area contributed by atoms with Crippen molar-refractivity contribution in [3.63, 3.8) is 0 Å². The number of benzene rings is 1. The Bertz CT molecular complexity index is 392. The first-order chi connectivity index (χ1) is 6.59. The van der Waals surface area contributed by atoms with Gasteiger partial charge in [-0.3, -0.25) is 4.79 Å². The second kappa shape index (κ2) is 3.37. The SMILES string of the molecule is NC1c2cc(Br)ccc2CC1C(=O)O. The molecule has 0 amide bonds. The lowest BCUT2D eigenvalue weighted by Gasteiger charge is -2.10. The molecule has 1 aliphatic carbocycles. The van der Waals surface area contributed by atoms with Crippen LogP contribution in [0.25, 0.3) is 0 Å². The Morgan fingerprint density at radius 1 is 1.57 bits per heavy atom. The Morgan fingerprint density at radius 2 is 2.29 bits per heavy atom. The van der Waals surface area contributed by atoms with E-state index in [9.17, 15) is 4.79 Å². The van der Waals surface area contributed by atoms with Gasteiger partial charge in [0, 0.05) is 10.5 Å². The number of carbonyl (C=O) groups is 1. The monoisotopic (exact) mass is 255 g/mol. The Labute approximate surface area is 90.0 Å². The van der Waals surface area contributed by atoms with Crippen LogP contribution in [-0.2, 0) is 11.2 Å². The Morgan fingerprint density at radius 3 is 2.93 bits per heavy atom. The molecule has 0 aliphatic heterocycles. The van der Waals surface area contributed by atoms with Gasteiger partial charge >= 0.3 is 5.97 Å². The van der Waals surface area contributed by atoms with Gasteiger partial charge in [0.25, 0.3) is 0 Å². The molecule has 3 N–H and O–H groups in total. The van der Waals surface area contributed by atoms with E-state index in [1.807, 2.05) is 18.2 Å². The van der Waals surface area contributed by atoms with E-state index in [0.717, 1.165) is 15.6 Å². The summed E-state index contributed by atoms with van der Waals surface area (Å²) in [6.07, 6.45) is 0.541. The van der Waals surface area contributed by atoms with Crippen molar-refractivity contribution in [2.45, 2.75) is 12.5 Å². The maximum absolute atomic E-state index is 10.9. The molecular weight excluding hydrogens is 246 g/mol. The highest BCUT2D eigenvalue weighted by molar-refractivity contribution is 9.10. The molecule has 1 aromatic rings. The van der Waals surface area contributed by atoms with Crippen LogP contribution in [0.5, 0.6) is 0 Å². The number of nitrogens with two attached hydrogens (primary N) is 1. The van der Waals surface area contributed by atoms with Gasteiger partial charge in [-0.25, -0.2) is 0 Å². The van der Waals surface area contributed by atoms with Gasteiger partial charge in [0.15, 0.2) is 0 Å². The van der Waals surface area contributed by atoms with Crippen LogP contribution in [-0.4, -0.2) is 11.1 Å². The Hall–Kier alpha value is -0.870. The lowest BCUT2D eigenvalue weighted by Crippen LogP contribution is -2.24. The molecule has 4 heteroatoms. The predicted octanol–water partition coefficient (Wildman–Crippen LogP) is 1.71. The predicted molar refractivity (Wildman–Crippen MR) is 55.9 cm³/mol. The zero-order chi connectivity index (χ0) is 10.3. The summed E-state index contributed by atoms with van der Waals surface area (Å²) in [6, 6.07) is 5.38. The normalized spacial score (nSPS) is 24.7. The van der Waals surface area contributed by atoms with Gasteiger partial charge in [-0.2, -0.15) is 0 Å². The van der Waals surface area contributed by atoms with Crippen molar-refractivity contribution in [2.24, 2.45) is 11.7 Å². The topological polar surface area (TPSA) is 63.3 Å². The summed E-state index contributed by atoms with van der Waals surface area (Å²) in [5.74, 6) is -1.29. The third kappa shape index (κ3) is 1.44. The maximum atomic E-state index is 10.9. The third-order valence-electron chi connectivity index (χ3n) is 2.66. The number of aliphatic carboxylic acids is 1. The number of rotatable bonds is 1. The van der Waals surface area contributed by atoms with Gasteiger partial charge in [-0.05, 0) is 29.7 Å². The van der Waals surface area contributed by atoms with Crippen LogP contribution in [0.2, 0.25) is 0 Å². The molecule has 0 fully saturated rings. The summed E-state index contributed by atoms with van der Waals surface area (Å²) >= 11 is 3.35. The molecule has 1 aliphatic rings. The van der Waals surface area contributed by atoms with Crippen LogP contribution in [0, 0.1) is 5.92 Å². The first kappa shape index (κ1) is 9.68. The second-order valence-electron chi connectivity index (χ2n) is 3.52. The fourth-order valence-electron chi connectivity index (χ4n) is 1.88. The fourth-order valence-corrected chi connectivity index (χ4v) is 2.26. The second-order valence-corrected chi connectivity index (χ2v) is 4.43. The van der Waals surface area contributed by atoms with Crippen molar-refractivity contribution in [1.29, 1.82) is 0 Å². The van der Waals surface area contributed by atoms with Gasteiger partial charge in [0.1, 0.15) is 0 Å². The number of hydrogen-bond donors (Lipinski definition) is 2. The largest absolute Gasteiger partial charge is 0.481 e. The Balaban J connectivity index is 2.41. The van der Waals surface area contributed by atoms with Crippen molar-refractivity contribution in [3.8, 4) is 0 Å². The average Bonchev–Trinajstić information content (AvgIpc) is 2.44. The minimum Gasteiger partial charge on any atom is -0.481 e. The van der Waals surface area contributed by atoms with Crippen LogP contribution in [0.3, 0.4) is 0 Å². The van der Waals surface area contributed by atoms with Gasteiger partial charge in [0.2, 0.25) is 0 Å². The quantitative estimate of drug-likeness (QED) is 0.803. The first-order valence-corrected chi connectivity index (χ1v) is 5.15. The lowest BCUT2D eigenvalue weighted by atomic mass is 10.0. The van der Waals surface area contributed by atoms with Crippen molar-refractivity contribution in [1.82, 2.24) is 0 Å². The number of fused-ring (bicyclic) bond motifs is 1. The van der Waals surface area contributed by atoms with E-state index in [1.165, 1.54) is 0 Å². The molecule has 74 valence electrons. The number of halogens is 1. The standard InChI is InChI=1S/C10H10BrNO2/c11-6-2-1-5-3-8(10(13)14)9(12)7(5)4-6/h1-2,4,8-9H,3,12H2,(H,13,14). The average molecular weight is 256 g/mol. The molecular formula is C10H10BrNO2. The molecule has 0 spiro atoms. The molecule has 0 heterocycles. The molecule has 2 unspecified atom stereocenters. The molecule has 3 nitrogen and oxygen atoms in total. The number of carboxylic acids is 1. The smallest absolute Gasteiger partial charge is 0.308 e. The summed E-state index contributed by atoms with van der Waals surface area (Å²) in [5.41, 5.74) is 7.86. The van der Waals surface area contributed by atoms with Gasteiger partial charge in [-0.1, -0.05) is 22.0 Å². The zero-order valence-electron chi connectivity index (χ0n) is 7.40. The molecule has 1 aromatic carbocycles. The highest BCUT2D eigenvalue weighted by atomic mass is 79.9. The minimum absolute atomic E-state index is 0.375. The number of carboxylic acid groups (broad SMARTS) is 1. The molecule has 0 bridgehead atoms. The minimum atomic E-state index is -0.815. The van der Waals surface area contributed by atoms with Crippen molar-refractivity contribution < 1.29 is 9.90 Å². The van der Waals surface area contributed by atoms with Gasteiger partial charge in [-0.15, -0.1) is 0 Å². The van der Waals surface area contributed by atoms with Crippen LogP contribution in [0.1, 0.15) is 17.2 Å². The highest BCUT2D eigenvalue weighted by Crippen LogP contribution is 2.35. The third-order valence-corrected chi connectivity index (χ3v) is 3.15. The molecule has 0 saturated carbocycles. The summed E-state index contributed by atoms with van der Waals surface area (Å²) in [7, 11) is 0. The fraction of sp³-hybridized carbons (Fsp3) is 0.300. The van der Waals surface area contributed by atoms with Crippen molar-refractivity contribution in [2.75, 3.05) is 0 Å². The van der Waals surface area contributed by atoms with E-state index >= 15 is 0 Å². The van der Waals surface area contributed by atoms with Crippen molar-refractivity contribution >= 4 is 21.9 Å². The lowest BCUT2D eigenvalue weighted by molar-refractivity contribution is -0.142. The van der Waals surface area contributed by atoms with Crippen molar-refractivity contribution in [3.05, 3.63) is 33.8 Å². The summed E-state index contributed by atoms with van der Waals surface area (Å²) in [6.45, 7) is 0. The van der Waals surface area contributed by atoms with Crippen LogP contribution in [0.4, 0.5) is 0 Å². The number of hydrogen-bond acceptors (Lipinski definition) is 2. The molecule has 2 atom stereocenters. The molecule has 0 aromatic heterocycles. The van der Waals surface area contributed by atoms with E-state index in [4.69, 9.17) is 10.8 Å². The van der Waals surface area contributed by atoms with Crippen LogP contribution >= 0.6 is 15.9 Å². The summed E-state index contributed by atoms with van der Waals surface area (Å²) in [4.78, 5) is 10.9. The van der Waals surface area contributed by atoms with E-state index in [2.05, 4.69) is 15.9 Å². The van der Waals surface area contributed by atoms with Gasteiger partial charge < -0.3 is 10.8 Å². The van der Waals surface area contributed by atoms with E-state index in [0.29, 0.717) is 6.42 Å². The Kier molecular flexibility index (Phi) is 2.33. The zero-order valence-corrected chi connectivity index (χ0v) is 8.99. The van der Waals surface area contributed by atoms with E-state index in [1.54, 1.807) is 0 Å². The summed E-state index contributed by atoms with van der Waals surface area (Å²) < 4.78 is 0.942. The van der Waals surface area contributed by atoms with Crippen LogP contribution < -0.4 is 5.73 Å². The van der Waals surface area contributed by atoms with Gasteiger partial charge in [0.05, 0.1) is 5.92 Å². The maximum Gasteiger partial charge on any atom is 0.308 e. The summed E-state index contributed by atoms with van der Waals surface area (Å²) in [5, 5.41) is 8.93. The molecule has 0 radical (unpaired) electrons. The molecule has 0 saturated heterocycles. The van der Waals surface area contributed by atoms with Crippen LogP contribution in [0.15, 0.2) is 22.7 Å². The van der Waals surface area contributed by atoms with E-state index < -0.39 is 11.9 Å².